The molecule has 3 heterocycles. The molecule has 2 aromatic carbocycles. The van der Waals surface area contributed by atoms with Crippen molar-refractivity contribution in [2.45, 2.75) is 32.4 Å². The number of rotatable bonds is 2. The summed E-state index contributed by atoms with van der Waals surface area (Å²) in [5.74, 6) is 0.954. The summed E-state index contributed by atoms with van der Waals surface area (Å²) in [4.78, 5) is 13.8. The number of para-hydroxylation sites is 2. The average Bonchev–Trinajstić information content (AvgIpc) is 3.09. The van der Waals surface area contributed by atoms with Gasteiger partial charge < -0.3 is 9.80 Å². The van der Waals surface area contributed by atoms with Crippen molar-refractivity contribution in [3.63, 3.8) is 0 Å². The Hall–Kier alpha value is -3.14. The molecule has 4 heteroatoms. The lowest BCUT2D eigenvalue weighted by Crippen LogP contribution is -2.60. The van der Waals surface area contributed by atoms with Gasteiger partial charge in [0, 0.05) is 22.2 Å². The van der Waals surface area contributed by atoms with Crippen molar-refractivity contribution in [2.75, 3.05) is 9.80 Å². The van der Waals surface area contributed by atoms with Crippen LogP contribution in [0.2, 0.25) is 0 Å². The molecule has 0 radical (unpaired) electrons. The minimum Gasteiger partial charge on any atom is -0.315 e. The van der Waals surface area contributed by atoms with Gasteiger partial charge in [-0.25, -0.2) is 9.97 Å². The first-order chi connectivity index (χ1) is 13.5. The van der Waals surface area contributed by atoms with Crippen molar-refractivity contribution in [1.82, 2.24) is 9.97 Å². The summed E-state index contributed by atoms with van der Waals surface area (Å²) in [6.45, 7) is 11.2. The van der Waals surface area contributed by atoms with E-state index in [4.69, 9.17) is 4.98 Å². The number of benzene rings is 2. The van der Waals surface area contributed by atoms with Gasteiger partial charge in [0.05, 0.1) is 6.20 Å². The third kappa shape index (κ3) is 1.95. The lowest BCUT2D eigenvalue weighted by atomic mass is 9.58. The Balaban J connectivity index is 1.86. The average molecular weight is 368 g/mol. The van der Waals surface area contributed by atoms with Gasteiger partial charge in [0.1, 0.15) is 18.2 Å². The maximum absolute atomic E-state index is 4.70. The Morgan fingerprint density at radius 2 is 1.64 bits per heavy atom. The van der Waals surface area contributed by atoms with E-state index in [2.05, 4.69) is 103 Å². The zero-order valence-corrected chi connectivity index (χ0v) is 16.5. The van der Waals surface area contributed by atoms with E-state index < -0.39 is 0 Å². The van der Waals surface area contributed by atoms with Crippen molar-refractivity contribution in [3.05, 3.63) is 85.3 Å². The van der Waals surface area contributed by atoms with Crippen LogP contribution in [0.3, 0.4) is 0 Å². The summed E-state index contributed by atoms with van der Waals surface area (Å²) in [6, 6.07) is 19.2. The van der Waals surface area contributed by atoms with Crippen molar-refractivity contribution < 1.29 is 0 Å². The molecule has 140 valence electrons. The molecule has 0 bridgehead atoms. The molecule has 1 aromatic heterocycles. The summed E-state index contributed by atoms with van der Waals surface area (Å²) in [7, 11) is 0. The molecule has 2 unspecified atom stereocenters. The lowest BCUT2D eigenvalue weighted by molar-refractivity contribution is 0.171. The number of hydrogen-bond acceptors (Lipinski definition) is 4. The van der Waals surface area contributed by atoms with E-state index >= 15 is 0 Å². The molecular weight excluding hydrogens is 344 g/mol. The minimum absolute atomic E-state index is 0.0551. The van der Waals surface area contributed by atoms with Gasteiger partial charge in [0.15, 0.2) is 5.82 Å². The van der Waals surface area contributed by atoms with Crippen molar-refractivity contribution >= 4 is 22.9 Å². The van der Waals surface area contributed by atoms with E-state index in [-0.39, 0.29) is 17.0 Å². The Kier molecular flexibility index (Phi) is 3.45. The minimum atomic E-state index is -0.201. The van der Waals surface area contributed by atoms with E-state index in [0.29, 0.717) is 0 Å². The number of aromatic nitrogens is 2. The second kappa shape index (κ2) is 5.68. The van der Waals surface area contributed by atoms with Crippen LogP contribution in [0.5, 0.6) is 0 Å². The molecule has 0 saturated heterocycles. The fraction of sp³-hybridized carbons (Fsp3) is 0.250. The van der Waals surface area contributed by atoms with E-state index in [9.17, 15) is 0 Å². The van der Waals surface area contributed by atoms with Crippen LogP contribution in [-0.2, 0) is 5.41 Å². The summed E-state index contributed by atoms with van der Waals surface area (Å²) >= 11 is 0. The van der Waals surface area contributed by atoms with E-state index in [1.807, 2.05) is 6.20 Å². The van der Waals surface area contributed by atoms with Crippen LogP contribution in [0.4, 0.5) is 22.9 Å². The van der Waals surface area contributed by atoms with Crippen LogP contribution in [0.25, 0.3) is 0 Å². The molecule has 0 N–H and O–H groups in total. The lowest BCUT2D eigenvalue weighted by Gasteiger charge is -2.56. The predicted octanol–water partition coefficient (Wildman–Crippen LogP) is 5.58. The van der Waals surface area contributed by atoms with Crippen LogP contribution in [0.15, 0.2) is 79.8 Å². The third-order valence-corrected chi connectivity index (χ3v) is 6.80. The predicted molar refractivity (Wildman–Crippen MR) is 114 cm³/mol. The summed E-state index contributed by atoms with van der Waals surface area (Å²) in [6.07, 6.45) is 5.74. The second-order valence-electron chi connectivity index (χ2n) is 8.33. The normalized spacial score (nSPS) is 24.3. The van der Waals surface area contributed by atoms with Crippen molar-refractivity contribution in [3.8, 4) is 0 Å². The molecule has 3 aromatic rings. The second-order valence-corrected chi connectivity index (χ2v) is 8.33. The molecule has 2 atom stereocenters. The van der Waals surface area contributed by atoms with E-state index in [1.165, 1.54) is 11.3 Å². The van der Waals surface area contributed by atoms with Gasteiger partial charge in [0.25, 0.3) is 0 Å². The Morgan fingerprint density at radius 3 is 2.39 bits per heavy atom. The fourth-order valence-corrected chi connectivity index (χ4v) is 4.91. The van der Waals surface area contributed by atoms with Crippen LogP contribution in [0, 0.1) is 5.41 Å². The molecule has 0 saturated carbocycles. The Bertz CT molecular complexity index is 1060. The largest absolute Gasteiger partial charge is 0.315 e. The van der Waals surface area contributed by atoms with Crippen molar-refractivity contribution in [1.29, 1.82) is 0 Å². The molecule has 0 fully saturated rings. The van der Waals surface area contributed by atoms with E-state index in [0.717, 1.165) is 17.2 Å². The molecule has 4 nitrogen and oxygen atoms in total. The topological polar surface area (TPSA) is 32.3 Å². The zero-order valence-electron chi connectivity index (χ0n) is 16.5. The molecular formula is C24H24N4. The summed E-state index contributed by atoms with van der Waals surface area (Å²) < 4.78 is 0. The smallest absolute Gasteiger partial charge is 0.162 e. The Labute approximate surface area is 166 Å². The first kappa shape index (κ1) is 17.0. The van der Waals surface area contributed by atoms with Gasteiger partial charge >= 0.3 is 0 Å². The summed E-state index contributed by atoms with van der Waals surface area (Å²) in [5.41, 5.74) is 4.30. The quantitative estimate of drug-likeness (QED) is 0.553. The van der Waals surface area contributed by atoms with Gasteiger partial charge in [0.2, 0.25) is 0 Å². The maximum atomic E-state index is 4.70. The molecule has 0 amide bonds. The number of nitrogens with zero attached hydrogens (tertiary/aromatic N) is 4. The maximum Gasteiger partial charge on any atom is 0.162 e. The molecule has 2 aliphatic rings. The highest BCUT2D eigenvalue weighted by molar-refractivity contribution is 5.88. The van der Waals surface area contributed by atoms with Gasteiger partial charge in [-0.05, 0) is 23.8 Å². The molecule has 0 spiro atoms. The van der Waals surface area contributed by atoms with Gasteiger partial charge in [-0.2, -0.15) is 0 Å². The highest BCUT2D eigenvalue weighted by atomic mass is 15.5. The highest BCUT2D eigenvalue weighted by Gasteiger charge is 2.59. The monoisotopic (exact) mass is 368 g/mol. The van der Waals surface area contributed by atoms with Gasteiger partial charge in [-0.1, -0.05) is 63.2 Å². The molecule has 0 aliphatic carbocycles. The number of anilines is 4. The molecule has 28 heavy (non-hydrogen) atoms. The zero-order chi connectivity index (χ0) is 19.5. The van der Waals surface area contributed by atoms with E-state index in [1.54, 1.807) is 6.33 Å². The number of hydrogen-bond donors (Lipinski definition) is 0. The SMILES string of the molecule is C=CC1(C)c2ccccc2N2c3ncncc3N(c3ccccc3)C2C1(C)C. The number of fused-ring (bicyclic) bond motifs is 5. The molecule has 2 aliphatic heterocycles. The molecule has 5 rings (SSSR count). The fourth-order valence-electron chi connectivity index (χ4n) is 4.91. The number of allylic oxidation sites excluding steroid dienone is 1. The van der Waals surface area contributed by atoms with Crippen LogP contribution in [0.1, 0.15) is 26.3 Å². The highest BCUT2D eigenvalue weighted by Crippen LogP contribution is 2.61. The van der Waals surface area contributed by atoms with Crippen LogP contribution in [-0.4, -0.2) is 16.1 Å². The van der Waals surface area contributed by atoms with Gasteiger partial charge in [-0.15, -0.1) is 6.58 Å². The van der Waals surface area contributed by atoms with Gasteiger partial charge in [-0.3, -0.25) is 0 Å². The van der Waals surface area contributed by atoms with Crippen LogP contribution >= 0.6 is 0 Å². The Morgan fingerprint density at radius 1 is 0.929 bits per heavy atom. The van der Waals surface area contributed by atoms with Crippen LogP contribution < -0.4 is 9.80 Å². The first-order valence-corrected chi connectivity index (χ1v) is 9.67. The third-order valence-electron chi connectivity index (χ3n) is 6.80. The first-order valence-electron chi connectivity index (χ1n) is 9.67. The standard InChI is InChI=1S/C24H24N4/c1-5-24(4)18-13-9-10-14-19(18)28-21-20(15-25-16-26-21)27(22(28)23(24,2)3)17-11-7-6-8-12-17/h5-16,22H,1H2,2-4H3. The van der Waals surface area contributed by atoms with Crippen molar-refractivity contribution in [2.24, 2.45) is 5.41 Å². The summed E-state index contributed by atoms with van der Waals surface area (Å²) in [5, 5.41) is 0.